The summed E-state index contributed by atoms with van der Waals surface area (Å²) < 4.78 is 0. The molecule has 0 amide bonds. The van der Waals surface area contributed by atoms with Gasteiger partial charge in [0, 0.05) is 11.8 Å². The third-order valence-corrected chi connectivity index (χ3v) is 4.34. The molecule has 1 heterocycles. The molecule has 0 saturated carbocycles. The topological polar surface area (TPSA) is 24.4 Å². The van der Waals surface area contributed by atoms with Gasteiger partial charge in [-0.15, -0.1) is 0 Å². The molecule has 0 aromatic rings. The lowest BCUT2D eigenvalue weighted by Crippen LogP contribution is -2.35. The van der Waals surface area contributed by atoms with Crippen LogP contribution in [0, 0.1) is 5.92 Å². The lowest BCUT2D eigenvalue weighted by molar-refractivity contribution is 0.392. The van der Waals surface area contributed by atoms with Gasteiger partial charge in [-0.3, -0.25) is 4.99 Å². The van der Waals surface area contributed by atoms with Crippen molar-refractivity contribution in [2.75, 3.05) is 5.75 Å². The Hall–Kier alpha value is -0.180. The van der Waals surface area contributed by atoms with Crippen molar-refractivity contribution in [3.63, 3.8) is 0 Å². The van der Waals surface area contributed by atoms with Gasteiger partial charge < -0.3 is 5.32 Å². The van der Waals surface area contributed by atoms with E-state index in [1.807, 2.05) is 11.8 Å². The van der Waals surface area contributed by atoms with Gasteiger partial charge in [-0.1, -0.05) is 45.4 Å². The Kier molecular flexibility index (Phi) is 5.51. The maximum absolute atomic E-state index is 4.67. The van der Waals surface area contributed by atoms with E-state index in [2.05, 4.69) is 38.0 Å². The van der Waals surface area contributed by atoms with E-state index in [1.165, 1.54) is 18.0 Å². The van der Waals surface area contributed by atoms with Crippen molar-refractivity contribution in [1.82, 2.24) is 5.32 Å². The molecule has 0 saturated heterocycles. The number of amidine groups is 1. The number of aliphatic imine (C=N–C) groups is 1. The molecule has 2 unspecified atom stereocenters. The van der Waals surface area contributed by atoms with Gasteiger partial charge in [0.1, 0.15) is 0 Å². The fraction of sp³-hybridized carbons (Fsp3) is 0.917. The van der Waals surface area contributed by atoms with Crippen molar-refractivity contribution in [2.45, 2.75) is 59.0 Å². The lowest BCUT2D eigenvalue weighted by Gasteiger charge is -2.22. The average Bonchev–Trinajstić information content (AvgIpc) is 2.67. The smallest absolute Gasteiger partial charge is 0.157 e. The Morgan fingerprint density at radius 1 is 1.40 bits per heavy atom. The highest BCUT2D eigenvalue weighted by Crippen LogP contribution is 2.20. The Morgan fingerprint density at radius 3 is 2.53 bits per heavy atom. The normalized spacial score (nSPS) is 23.0. The number of nitrogens with one attached hydrogen (secondary N) is 1. The van der Waals surface area contributed by atoms with Crippen LogP contribution in [0.5, 0.6) is 0 Å². The zero-order valence-electron chi connectivity index (χ0n) is 10.4. The van der Waals surface area contributed by atoms with Crippen LogP contribution in [-0.4, -0.2) is 23.0 Å². The predicted octanol–water partition coefficient (Wildman–Crippen LogP) is 3.28. The number of hydrogen-bond donors (Lipinski definition) is 1. The van der Waals surface area contributed by atoms with Gasteiger partial charge in [-0.05, 0) is 19.3 Å². The third-order valence-electron chi connectivity index (χ3n) is 3.29. The van der Waals surface area contributed by atoms with Crippen molar-refractivity contribution < 1.29 is 0 Å². The van der Waals surface area contributed by atoms with E-state index in [-0.39, 0.29) is 0 Å². The lowest BCUT2D eigenvalue weighted by atomic mass is 9.96. The monoisotopic (exact) mass is 228 g/mol. The maximum atomic E-state index is 4.67. The van der Waals surface area contributed by atoms with Gasteiger partial charge in [0.2, 0.25) is 0 Å². The second-order valence-corrected chi connectivity index (χ2v) is 5.33. The molecule has 15 heavy (non-hydrogen) atoms. The second kappa shape index (κ2) is 6.41. The van der Waals surface area contributed by atoms with Crippen molar-refractivity contribution in [3.8, 4) is 0 Å². The van der Waals surface area contributed by atoms with Crippen molar-refractivity contribution in [2.24, 2.45) is 10.9 Å². The Bertz CT molecular complexity index is 212. The number of hydrogen-bond acceptors (Lipinski definition) is 3. The van der Waals surface area contributed by atoms with Crippen LogP contribution in [-0.2, 0) is 0 Å². The highest BCUT2D eigenvalue weighted by atomic mass is 32.2. The first kappa shape index (κ1) is 12.9. The Balaban J connectivity index is 2.41. The van der Waals surface area contributed by atoms with Crippen molar-refractivity contribution in [1.29, 1.82) is 0 Å². The fourth-order valence-electron chi connectivity index (χ4n) is 2.01. The molecule has 2 nitrogen and oxygen atoms in total. The minimum Gasteiger partial charge on any atom is -0.362 e. The summed E-state index contributed by atoms with van der Waals surface area (Å²) in [6.07, 6.45) is 3.66. The molecule has 0 aromatic carbocycles. The summed E-state index contributed by atoms with van der Waals surface area (Å²) in [5.74, 6) is 1.93. The number of nitrogens with zero attached hydrogens (tertiary/aromatic N) is 1. The highest BCUT2D eigenvalue weighted by Gasteiger charge is 2.20. The molecule has 0 bridgehead atoms. The zero-order valence-corrected chi connectivity index (χ0v) is 11.2. The van der Waals surface area contributed by atoms with Crippen LogP contribution in [0.1, 0.15) is 47.0 Å². The summed E-state index contributed by atoms with van der Waals surface area (Å²) in [7, 11) is 0. The molecular weight excluding hydrogens is 204 g/mol. The summed E-state index contributed by atoms with van der Waals surface area (Å²) in [4.78, 5) is 4.67. The first-order chi connectivity index (χ1) is 7.21. The minimum atomic E-state index is 0.548. The van der Waals surface area contributed by atoms with E-state index in [9.17, 15) is 0 Å². The Morgan fingerprint density at radius 2 is 2.07 bits per heavy atom. The maximum Gasteiger partial charge on any atom is 0.157 e. The van der Waals surface area contributed by atoms with Crippen LogP contribution in [0.15, 0.2) is 4.99 Å². The largest absolute Gasteiger partial charge is 0.362 e. The Labute approximate surface area is 98.3 Å². The van der Waals surface area contributed by atoms with Crippen molar-refractivity contribution >= 4 is 16.9 Å². The first-order valence-corrected chi connectivity index (χ1v) is 7.16. The molecule has 2 atom stereocenters. The molecule has 0 fully saturated rings. The zero-order chi connectivity index (χ0) is 11.3. The van der Waals surface area contributed by atoms with Crippen LogP contribution >= 0.6 is 11.8 Å². The van der Waals surface area contributed by atoms with Crippen LogP contribution in [0.4, 0.5) is 0 Å². The van der Waals surface area contributed by atoms with E-state index in [0.717, 1.165) is 18.1 Å². The molecule has 0 radical (unpaired) electrons. The summed E-state index contributed by atoms with van der Waals surface area (Å²) in [5.41, 5.74) is 0. The standard InChI is InChI=1S/C12H24N2S/c1-5-10(6-2)9(4)13-12-14-11(7-3)8-15-12/h9-11H,5-8H2,1-4H3,(H,13,14). The molecule has 0 aliphatic carbocycles. The van der Waals surface area contributed by atoms with Gasteiger partial charge in [0.05, 0.1) is 6.04 Å². The summed E-state index contributed by atoms with van der Waals surface area (Å²) in [6.45, 7) is 9.03. The van der Waals surface area contributed by atoms with E-state index >= 15 is 0 Å². The van der Waals surface area contributed by atoms with Gasteiger partial charge in [0.25, 0.3) is 0 Å². The minimum absolute atomic E-state index is 0.548. The van der Waals surface area contributed by atoms with Crippen LogP contribution in [0.3, 0.4) is 0 Å². The molecule has 3 heteroatoms. The van der Waals surface area contributed by atoms with Crippen LogP contribution < -0.4 is 5.32 Å². The summed E-state index contributed by atoms with van der Waals surface area (Å²) >= 11 is 1.88. The SMILES string of the molecule is CCC1CSC(NC(C)C(CC)CC)=N1. The molecule has 0 spiro atoms. The van der Waals surface area contributed by atoms with E-state index < -0.39 is 0 Å². The van der Waals surface area contributed by atoms with E-state index in [1.54, 1.807) is 0 Å². The summed E-state index contributed by atoms with van der Waals surface area (Å²) in [6, 6.07) is 1.10. The van der Waals surface area contributed by atoms with Crippen molar-refractivity contribution in [3.05, 3.63) is 0 Å². The van der Waals surface area contributed by atoms with Gasteiger partial charge >= 0.3 is 0 Å². The molecule has 1 aliphatic rings. The molecule has 1 N–H and O–H groups in total. The third kappa shape index (κ3) is 3.71. The molecule has 0 aromatic heterocycles. The van der Waals surface area contributed by atoms with Crippen LogP contribution in [0.25, 0.3) is 0 Å². The predicted molar refractivity (Wildman–Crippen MR) is 70.6 cm³/mol. The highest BCUT2D eigenvalue weighted by molar-refractivity contribution is 8.14. The molecule has 88 valence electrons. The molecule has 1 rings (SSSR count). The van der Waals surface area contributed by atoms with Crippen LogP contribution in [0.2, 0.25) is 0 Å². The van der Waals surface area contributed by atoms with Gasteiger partial charge in [-0.2, -0.15) is 0 Å². The van der Waals surface area contributed by atoms with Gasteiger partial charge in [0.15, 0.2) is 5.17 Å². The van der Waals surface area contributed by atoms with E-state index in [4.69, 9.17) is 0 Å². The van der Waals surface area contributed by atoms with E-state index in [0.29, 0.717) is 12.1 Å². The second-order valence-electron chi connectivity index (χ2n) is 4.32. The quantitative estimate of drug-likeness (QED) is 0.781. The summed E-state index contributed by atoms with van der Waals surface area (Å²) in [5, 5.41) is 4.73. The molecule has 1 aliphatic heterocycles. The number of rotatable bonds is 5. The first-order valence-electron chi connectivity index (χ1n) is 6.18. The number of thioether (sulfide) groups is 1. The fourth-order valence-corrected chi connectivity index (χ4v) is 3.17. The average molecular weight is 228 g/mol. The van der Waals surface area contributed by atoms with Gasteiger partial charge in [-0.25, -0.2) is 0 Å². The molecular formula is C12H24N2S.